The lowest BCUT2D eigenvalue weighted by Gasteiger charge is -2.00. The molecule has 0 saturated heterocycles. The van der Waals surface area contributed by atoms with Gasteiger partial charge in [-0.15, -0.1) is 0 Å². The smallest absolute Gasteiger partial charge is 0.0949 e. The monoisotopic (exact) mass is 161 g/mol. The van der Waals surface area contributed by atoms with E-state index in [0.29, 0.717) is 0 Å². The quantitative estimate of drug-likeness (QED) is 0.667. The minimum atomic E-state index is 0.816. The molecule has 0 saturated carbocycles. The van der Waals surface area contributed by atoms with Crippen LogP contribution in [0.5, 0.6) is 0 Å². The van der Waals surface area contributed by atoms with Gasteiger partial charge in [0.15, 0.2) is 0 Å². The molecule has 61 valence electrons. The standard InChI is InChI=1S/C8H9N4/c1-3-11(7-9-1)5-6-12-4-2-10-8-12/h1-5,7-8H,6H2. The molecule has 0 atom stereocenters. The second-order valence-corrected chi connectivity index (χ2v) is 2.45. The SMILES string of the molecule is [CH](Cn1ccnc1)n1ccnc1. The molecule has 0 aliphatic carbocycles. The summed E-state index contributed by atoms with van der Waals surface area (Å²) in [6, 6.07) is 0. The molecule has 0 aliphatic rings. The summed E-state index contributed by atoms with van der Waals surface area (Å²) in [5, 5.41) is 0. The van der Waals surface area contributed by atoms with Gasteiger partial charge in [0.1, 0.15) is 0 Å². The molecule has 0 aliphatic heterocycles. The van der Waals surface area contributed by atoms with Gasteiger partial charge in [0.05, 0.1) is 19.2 Å². The van der Waals surface area contributed by atoms with Crippen LogP contribution < -0.4 is 0 Å². The van der Waals surface area contributed by atoms with Gasteiger partial charge in [-0.1, -0.05) is 0 Å². The Kier molecular flexibility index (Phi) is 1.90. The minimum absolute atomic E-state index is 0.816. The van der Waals surface area contributed by atoms with Crippen molar-refractivity contribution in [2.45, 2.75) is 6.54 Å². The van der Waals surface area contributed by atoms with Gasteiger partial charge in [-0.3, -0.25) is 0 Å². The first kappa shape index (κ1) is 7.09. The first-order valence-electron chi connectivity index (χ1n) is 3.71. The van der Waals surface area contributed by atoms with Crippen molar-refractivity contribution in [1.82, 2.24) is 19.1 Å². The Hall–Kier alpha value is -1.58. The van der Waals surface area contributed by atoms with E-state index in [1.807, 2.05) is 28.1 Å². The van der Waals surface area contributed by atoms with Crippen LogP contribution in [0.15, 0.2) is 37.4 Å². The zero-order valence-electron chi connectivity index (χ0n) is 6.54. The highest BCUT2D eigenvalue weighted by Gasteiger charge is 1.91. The predicted molar refractivity (Wildman–Crippen MR) is 44.2 cm³/mol. The van der Waals surface area contributed by atoms with Crippen molar-refractivity contribution in [1.29, 1.82) is 0 Å². The molecule has 1 radical (unpaired) electrons. The molecule has 0 spiro atoms. The molecule has 2 aromatic heterocycles. The Morgan fingerprint density at radius 2 is 1.92 bits per heavy atom. The summed E-state index contributed by atoms with van der Waals surface area (Å²) in [4.78, 5) is 7.87. The van der Waals surface area contributed by atoms with Crippen molar-refractivity contribution >= 4 is 0 Å². The lowest BCUT2D eigenvalue weighted by atomic mass is 10.6. The van der Waals surface area contributed by atoms with Crippen molar-refractivity contribution in [3.05, 3.63) is 44.0 Å². The summed E-state index contributed by atoms with van der Waals surface area (Å²) in [5.41, 5.74) is 0. The predicted octanol–water partition coefficient (Wildman–Crippen LogP) is 0.790. The second kappa shape index (κ2) is 3.21. The van der Waals surface area contributed by atoms with Gasteiger partial charge in [-0.2, -0.15) is 0 Å². The maximum atomic E-state index is 3.94. The molecule has 2 heterocycles. The Balaban J connectivity index is 1.91. The van der Waals surface area contributed by atoms with E-state index in [0.717, 1.165) is 6.54 Å². The average Bonchev–Trinajstić information content (AvgIpc) is 2.74. The normalized spacial score (nSPS) is 10.3. The minimum Gasteiger partial charge on any atom is -0.335 e. The molecular weight excluding hydrogens is 152 g/mol. The lowest BCUT2D eigenvalue weighted by Crippen LogP contribution is -2.00. The fourth-order valence-electron chi connectivity index (χ4n) is 0.961. The Bertz CT molecular complexity index is 274. The van der Waals surface area contributed by atoms with Crippen LogP contribution in [0.3, 0.4) is 0 Å². The molecule has 12 heavy (non-hydrogen) atoms. The van der Waals surface area contributed by atoms with Crippen molar-refractivity contribution in [3.63, 3.8) is 0 Å². The summed E-state index contributed by atoms with van der Waals surface area (Å²) in [5.74, 6) is 0. The first-order valence-corrected chi connectivity index (χ1v) is 3.71. The number of hydrogen-bond acceptors (Lipinski definition) is 2. The van der Waals surface area contributed by atoms with Crippen LogP contribution in [0.1, 0.15) is 0 Å². The molecule has 4 heteroatoms. The third kappa shape index (κ3) is 1.53. The summed E-state index contributed by atoms with van der Waals surface area (Å²) in [6.45, 7) is 2.84. The fourth-order valence-corrected chi connectivity index (χ4v) is 0.961. The van der Waals surface area contributed by atoms with Gasteiger partial charge in [0.25, 0.3) is 0 Å². The zero-order chi connectivity index (χ0) is 8.23. The molecule has 0 bridgehead atoms. The molecule has 0 unspecified atom stereocenters. The number of imidazole rings is 2. The summed E-state index contributed by atoms with van der Waals surface area (Å²) in [6.07, 6.45) is 10.9. The second-order valence-electron chi connectivity index (χ2n) is 2.45. The molecule has 0 N–H and O–H groups in total. The zero-order valence-corrected chi connectivity index (χ0v) is 6.54. The maximum Gasteiger partial charge on any atom is 0.0949 e. The van der Waals surface area contributed by atoms with E-state index in [9.17, 15) is 0 Å². The largest absolute Gasteiger partial charge is 0.335 e. The van der Waals surface area contributed by atoms with Crippen LogP contribution in [0.4, 0.5) is 0 Å². The summed E-state index contributed by atoms with van der Waals surface area (Å²) >= 11 is 0. The highest BCUT2D eigenvalue weighted by Crippen LogP contribution is 1.92. The first-order chi connectivity index (χ1) is 5.95. The third-order valence-electron chi connectivity index (χ3n) is 1.59. The van der Waals surface area contributed by atoms with E-state index in [-0.39, 0.29) is 0 Å². The Morgan fingerprint density at radius 1 is 1.08 bits per heavy atom. The van der Waals surface area contributed by atoms with Crippen LogP contribution >= 0.6 is 0 Å². The number of aromatic nitrogens is 4. The van der Waals surface area contributed by atoms with Crippen LogP contribution in [0, 0.1) is 6.54 Å². The number of rotatable bonds is 3. The maximum absolute atomic E-state index is 3.94. The van der Waals surface area contributed by atoms with Gasteiger partial charge in [-0.05, 0) is 0 Å². The van der Waals surface area contributed by atoms with E-state index in [2.05, 4.69) is 9.97 Å². The van der Waals surface area contributed by atoms with Crippen LogP contribution in [0.25, 0.3) is 0 Å². The molecule has 0 amide bonds. The van der Waals surface area contributed by atoms with Gasteiger partial charge in [0.2, 0.25) is 0 Å². The van der Waals surface area contributed by atoms with E-state index in [4.69, 9.17) is 0 Å². The fraction of sp³-hybridized carbons (Fsp3) is 0.125. The summed E-state index contributed by atoms with van der Waals surface area (Å²) < 4.78 is 3.90. The average molecular weight is 161 g/mol. The molecule has 4 nitrogen and oxygen atoms in total. The van der Waals surface area contributed by atoms with Crippen LogP contribution in [-0.4, -0.2) is 19.1 Å². The van der Waals surface area contributed by atoms with Crippen molar-refractivity contribution < 1.29 is 0 Å². The van der Waals surface area contributed by atoms with Gasteiger partial charge < -0.3 is 9.13 Å². The van der Waals surface area contributed by atoms with Gasteiger partial charge in [0, 0.05) is 31.3 Å². The Morgan fingerprint density at radius 3 is 2.58 bits per heavy atom. The van der Waals surface area contributed by atoms with E-state index >= 15 is 0 Å². The van der Waals surface area contributed by atoms with E-state index in [1.54, 1.807) is 25.0 Å². The molecule has 0 fully saturated rings. The topological polar surface area (TPSA) is 35.6 Å². The molecule has 2 rings (SSSR count). The van der Waals surface area contributed by atoms with Crippen molar-refractivity contribution in [2.24, 2.45) is 0 Å². The van der Waals surface area contributed by atoms with Gasteiger partial charge >= 0.3 is 0 Å². The summed E-state index contributed by atoms with van der Waals surface area (Å²) in [7, 11) is 0. The number of hydrogen-bond donors (Lipinski definition) is 0. The molecular formula is C8H9N4. The van der Waals surface area contributed by atoms with E-state index in [1.165, 1.54) is 0 Å². The van der Waals surface area contributed by atoms with Crippen LogP contribution in [0.2, 0.25) is 0 Å². The van der Waals surface area contributed by atoms with E-state index < -0.39 is 0 Å². The molecule has 0 aromatic carbocycles. The third-order valence-corrected chi connectivity index (χ3v) is 1.59. The van der Waals surface area contributed by atoms with Crippen molar-refractivity contribution in [3.8, 4) is 0 Å². The number of nitrogens with zero attached hydrogens (tertiary/aromatic N) is 4. The highest BCUT2D eigenvalue weighted by atomic mass is 15.1. The lowest BCUT2D eigenvalue weighted by molar-refractivity contribution is 0.716. The molecule has 2 aromatic rings. The van der Waals surface area contributed by atoms with Crippen LogP contribution in [-0.2, 0) is 6.54 Å². The van der Waals surface area contributed by atoms with Gasteiger partial charge in [-0.25, -0.2) is 9.97 Å². The Labute approximate surface area is 70.5 Å². The van der Waals surface area contributed by atoms with Crippen molar-refractivity contribution in [2.75, 3.05) is 0 Å². The highest BCUT2D eigenvalue weighted by molar-refractivity contribution is 4.84.